The van der Waals surface area contributed by atoms with Crippen molar-refractivity contribution in [2.45, 2.75) is 53.1 Å². The maximum absolute atomic E-state index is 6.31. The Bertz CT molecular complexity index is 627. The lowest BCUT2D eigenvalue weighted by Gasteiger charge is -2.33. The third-order valence-corrected chi connectivity index (χ3v) is 3.81. The van der Waals surface area contributed by atoms with Crippen molar-refractivity contribution in [2.75, 3.05) is 0 Å². The maximum Gasteiger partial charge on any atom is 0.134 e. The Labute approximate surface area is 132 Å². The van der Waals surface area contributed by atoms with E-state index < -0.39 is 0 Å². The Balaban J connectivity index is 2.15. The van der Waals surface area contributed by atoms with Crippen molar-refractivity contribution in [1.82, 2.24) is 10.3 Å². The maximum atomic E-state index is 6.31. The van der Waals surface area contributed by atoms with Crippen molar-refractivity contribution in [3.05, 3.63) is 41.0 Å². The highest BCUT2D eigenvalue weighted by molar-refractivity contribution is 6.30. The van der Waals surface area contributed by atoms with Gasteiger partial charge in [-0.15, -0.1) is 0 Å². The minimum absolute atomic E-state index is 0.0627. The molecule has 3 heteroatoms. The molecule has 0 bridgehead atoms. The third-order valence-electron chi connectivity index (χ3n) is 3.48. The first kappa shape index (κ1) is 16.3. The van der Waals surface area contributed by atoms with E-state index in [-0.39, 0.29) is 5.54 Å². The van der Waals surface area contributed by atoms with Crippen LogP contribution in [0.15, 0.2) is 30.3 Å². The third kappa shape index (κ3) is 4.69. The van der Waals surface area contributed by atoms with Crippen molar-refractivity contribution in [3.8, 4) is 0 Å². The van der Waals surface area contributed by atoms with Crippen molar-refractivity contribution in [3.63, 3.8) is 0 Å². The first-order chi connectivity index (χ1) is 9.66. The molecule has 0 radical (unpaired) electrons. The fourth-order valence-corrected chi connectivity index (χ4v) is 3.20. The van der Waals surface area contributed by atoms with E-state index in [9.17, 15) is 0 Å². The second-order valence-electron chi connectivity index (χ2n) is 7.61. The van der Waals surface area contributed by atoms with Gasteiger partial charge in [-0.05, 0) is 37.8 Å². The summed E-state index contributed by atoms with van der Waals surface area (Å²) in [7, 11) is 0. The molecule has 1 N–H and O–H groups in total. The number of fused-ring (bicyclic) bond motifs is 1. The Morgan fingerprint density at radius 1 is 1.10 bits per heavy atom. The highest BCUT2D eigenvalue weighted by Crippen LogP contribution is 2.28. The molecule has 1 aromatic heterocycles. The van der Waals surface area contributed by atoms with Gasteiger partial charge in [-0.3, -0.25) is 0 Å². The van der Waals surface area contributed by atoms with Crippen LogP contribution in [0.2, 0.25) is 5.15 Å². The van der Waals surface area contributed by atoms with Crippen LogP contribution in [-0.4, -0.2) is 10.5 Å². The van der Waals surface area contributed by atoms with Crippen molar-refractivity contribution in [1.29, 1.82) is 0 Å². The molecule has 0 aliphatic heterocycles. The minimum Gasteiger partial charge on any atom is -0.308 e. The van der Waals surface area contributed by atoms with Gasteiger partial charge in [0.25, 0.3) is 0 Å². The molecule has 0 unspecified atom stereocenters. The summed E-state index contributed by atoms with van der Waals surface area (Å²) in [4.78, 5) is 4.48. The van der Waals surface area contributed by atoms with E-state index >= 15 is 0 Å². The molecule has 0 aliphatic rings. The lowest BCUT2D eigenvalue weighted by Crippen LogP contribution is -2.41. The number of nitrogens with one attached hydrogen (secondary N) is 1. The van der Waals surface area contributed by atoms with Crippen LogP contribution in [0.25, 0.3) is 10.9 Å². The number of pyridine rings is 1. The van der Waals surface area contributed by atoms with Crippen LogP contribution < -0.4 is 5.32 Å². The number of hydrogen-bond donors (Lipinski definition) is 1. The average Bonchev–Trinajstić information content (AvgIpc) is 2.33. The molecule has 0 atom stereocenters. The zero-order valence-electron chi connectivity index (χ0n) is 13.6. The molecule has 0 saturated heterocycles. The topological polar surface area (TPSA) is 24.9 Å². The van der Waals surface area contributed by atoms with Gasteiger partial charge < -0.3 is 5.32 Å². The predicted octanol–water partition coefficient (Wildman–Crippen LogP) is 5.19. The van der Waals surface area contributed by atoms with Gasteiger partial charge in [0, 0.05) is 23.0 Å². The summed E-state index contributed by atoms with van der Waals surface area (Å²) in [5, 5.41) is 5.34. The lowest BCUT2D eigenvalue weighted by atomic mass is 9.82. The summed E-state index contributed by atoms with van der Waals surface area (Å²) in [6.07, 6.45) is 1.10. The molecule has 0 amide bonds. The van der Waals surface area contributed by atoms with E-state index in [4.69, 9.17) is 11.6 Å². The molecule has 0 fully saturated rings. The first-order valence-electron chi connectivity index (χ1n) is 7.46. The quantitative estimate of drug-likeness (QED) is 0.786. The molecule has 114 valence electrons. The van der Waals surface area contributed by atoms with Crippen LogP contribution in [0.3, 0.4) is 0 Å². The second kappa shape index (κ2) is 5.94. The highest BCUT2D eigenvalue weighted by Gasteiger charge is 2.25. The van der Waals surface area contributed by atoms with E-state index in [0.29, 0.717) is 10.6 Å². The molecule has 0 spiro atoms. The molecule has 1 heterocycles. The summed E-state index contributed by atoms with van der Waals surface area (Å²) in [6, 6.07) is 10.2. The number of halogens is 1. The second-order valence-corrected chi connectivity index (χ2v) is 7.96. The number of para-hydroxylation sites is 1. The van der Waals surface area contributed by atoms with E-state index in [0.717, 1.165) is 29.4 Å². The normalized spacial score (nSPS) is 12.9. The van der Waals surface area contributed by atoms with Crippen LogP contribution >= 0.6 is 11.6 Å². The number of aromatic nitrogens is 1. The molecular weight excluding hydrogens is 280 g/mol. The van der Waals surface area contributed by atoms with Gasteiger partial charge in [-0.25, -0.2) is 4.98 Å². The fraction of sp³-hybridized carbons (Fsp3) is 0.500. The highest BCUT2D eigenvalue weighted by atomic mass is 35.5. The van der Waals surface area contributed by atoms with Gasteiger partial charge in [-0.1, -0.05) is 50.6 Å². The van der Waals surface area contributed by atoms with Gasteiger partial charge in [0.15, 0.2) is 0 Å². The zero-order chi connectivity index (χ0) is 15.7. The summed E-state index contributed by atoms with van der Waals surface area (Å²) >= 11 is 6.31. The Morgan fingerprint density at radius 2 is 1.76 bits per heavy atom. The van der Waals surface area contributed by atoms with Crippen LogP contribution in [-0.2, 0) is 6.54 Å². The van der Waals surface area contributed by atoms with Gasteiger partial charge >= 0.3 is 0 Å². The van der Waals surface area contributed by atoms with Crippen LogP contribution in [0.4, 0.5) is 0 Å². The minimum atomic E-state index is 0.0627. The first-order valence-corrected chi connectivity index (χ1v) is 7.83. The summed E-state index contributed by atoms with van der Waals surface area (Å²) in [5.74, 6) is 0. The molecule has 21 heavy (non-hydrogen) atoms. The standard InChI is InChI=1S/C18H25ClN2/c1-17(2,3)12-18(4,5)20-11-14-10-13-8-6-7-9-15(13)21-16(14)19/h6-10,20H,11-12H2,1-5H3. The summed E-state index contributed by atoms with van der Waals surface area (Å²) < 4.78 is 0. The van der Waals surface area contributed by atoms with Gasteiger partial charge in [-0.2, -0.15) is 0 Å². The van der Waals surface area contributed by atoms with E-state index in [2.05, 4.69) is 57.1 Å². The lowest BCUT2D eigenvalue weighted by molar-refractivity contribution is 0.240. The number of nitrogens with zero attached hydrogens (tertiary/aromatic N) is 1. The fourth-order valence-electron chi connectivity index (χ4n) is 2.98. The van der Waals surface area contributed by atoms with Crippen LogP contribution in [0, 0.1) is 5.41 Å². The summed E-state index contributed by atoms with van der Waals surface area (Å²) in [6.45, 7) is 12.0. The zero-order valence-corrected chi connectivity index (χ0v) is 14.4. The molecule has 2 rings (SSSR count). The van der Waals surface area contributed by atoms with Gasteiger partial charge in [0.2, 0.25) is 0 Å². The van der Waals surface area contributed by atoms with E-state index in [1.807, 2.05) is 18.2 Å². The molecular formula is C18H25ClN2. The molecule has 0 saturated carbocycles. The Morgan fingerprint density at radius 3 is 2.43 bits per heavy atom. The van der Waals surface area contributed by atoms with E-state index in [1.54, 1.807) is 0 Å². The number of rotatable bonds is 4. The largest absolute Gasteiger partial charge is 0.308 e. The van der Waals surface area contributed by atoms with E-state index in [1.165, 1.54) is 0 Å². The Hall–Kier alpha value is -1.12. The number of benzene rings is 1. The van der Waals surface area contributed by atoms with Crippen LogP contribution in [0.1, 0.15) is 46.6 Å². The van der Waals surface area contributed by atoms with Crippen LogP contribution in [0.5, 0.6) is 0 Å². The van der Waals surface area contributed by atoms with Crippen molar-refractivity contribution < 1.29 is 0 Å². The van der Waals surface area contributed by atoms with Crippen molar-refractivity contribution in [2.24, 2.45) is 5.41 Å². The number of hydrogen-bond acceptors (Lipinski definition) is 2. The monoisotopic (exact) mass is 304 g/mol. The smallest absolute Gasteiger partial charge is 0.134 e. The molecule has 2 nitrogen and oxygen atoms in total. The summed E-state index contributed by atoms with van der Waals surface area (Å²) in [5.41, 5.74) is 2.35. The average molecular weight is 305 g/mol. The van der Waals surface area contributed by atoms with Gasteiger partial charge in [0.1, 0.15) is 5.15 Å². The van der Waals surface area contributed by atoms with Gasteiger partial charge in [0.05, 0.1) is 5.52 Å². The van der Waals surface area contributed by atoms with Crippen molar-refractivity contribution >= 4 is 22.5 Å². The SMILES string of the molecule is CC(C)(C)CC(C)(C)NCc1cc2ccccc2nc1Cl. The molecule has 2 aromatic rings. The molecule has 1 aromatic carbocycles. The Kier molecular flexibility index (Phi) is 4.60. The predicted molar refractivity (Wildman–Crippen MR) is 91.7 cm³/mol. The molecule has 0 aliphatic carbocycles.